The third-order valence-electron chi connectivity index (χ3n) is 4.18. The Kier molecular flexibility index (Phi) is 4.40. The van der Waals surface area contributed by atoms with Gasteiger partial charge in [0.05, 0.1) is 11.2 Å². The van der Waals surface area contributed by atoms with Gasteiger partial charge in [0.2, 0.25) is 0 Å². The molecule has 1 aliphatic heterocycles. The Morgan fingerprint density at radius 2 is 1.81 bits per heavy atom. The van der Waals surface area contributed by atoms with E-state index in [4.69, 9.17) is 32.4 Å². The predicted molar refractivity (Wildman–Crippen MR) is 89.0 cm³/mol. The van der Waals surface area contributed by atoms with Gasteiger partial charge in [-0.25, -0.2) is 0 Å². The first-order valence-electron chi connectivity index (χ1n) is 6.97. The van der Waals surface area contributed by atoms with Gasteiger partial charge < -0.3 is 20.8 Å². The fraction of sp³-hybridized carbons (Fsp3) is 0.467. The van der Waals surface area contributed by atoms with Crippen LogP contribution < -0.4 is 11.5 Å². The molecule has 1 aromatic carbocycles. The molecule has 0 aliphatic carbocycles. The van der Waals surface area contributed by atoms with Crippen molar-refractivity contribution in [2.75, 3.05) is 12.3 Å². The molecule has 114 valence electrons. The number of nitrogen functional groups attached to an aromatic ring is 1. The standard InChI is InChI=1S/C15H22BClN2O2/c1-14(2)15(3,4)21-16(20-14)11(9-18)7-10-8-12(17)5-6-13(10)19/h5-8H,9,18-19H2,1-4H3. The van der Waals surface area contributed by atoms with Crippen molar-refractivity contribution in [2.45, 2.75) is 38.9 Å². The number of hydrogen-bond donors (Lipinski definition) is 2. The summed E-state index contributed by atoms with van der Waals surface area (Å²) in [6, 6.07) is 5.33. The lowest BCUT2D eigenvalue weighted by molar-refractivity contribution is 0.00578. The molecule has 0 atom stereocenters. The quantitative estimate of drug-likeness (QED) is 0.665. The van der Waals surface area contributed by atoms with Gasteiger partial charge in [0, 0.05) is 17.3 Å². The molecule has 0 bridgehead atoms. The van der Waals surface area contributed by atoms with Crippen molar-refractivity contribution in [2.24, 2.45) is 5.73 Å². The number of benzene rings is 1. The molecule has 1 aromatic rings. The topological polar surface area (TPSA) is 70.5 Å². The highest BCUT2D eigenvalue weighted by atomic mass is 35.5. The Morgan fingerprint density at radius 1 is 1.24 bits per heavy atom. The molecule has 1 fully saturated rings. The van der Waals surface area contributed by atoms with Crippen LogP contribution in [0.1, 0.15) is 33.3 Å². The molecule has 4 N–H and O–H groups in total. The Hall–Kier alpha value is -1.01. The molecule has 0 aromatic heterocycles. The maximum atomic E-state index is 6.02. The van der Waals surface area contributed by atoms with Crippen molar-refractivity contribution in [1.82, 2.24) is 0 Å². The van der Waals surface area contributed by atoms with Crippen LogP contribution in [0.5, 0.6) is 0 Å². The van der Waals surface area contributed by atoms with E-state index in [1.807, 2.05) is 33.8 Å². The van der Waals surface area contributed by atoms with Crippen molar-refractivity contribution in [3.63, 3.8) is 0 Å². The molecule has 2 rings (SSSR count). The van der Waals surface area contributed by atoms with Crippen LogP contribution in [0.25, 0.3) is 6.08 Å². The number of rotatable bonds is 3. The summed E-state index contributed by atoms with van der Waals surface area (Å²) < 4.78 is 12.0. The number of hydrogen-bond acceptors (Lipinski definition) is 4. The summed E-state index contributed by atoms with van der Waals surface area (Å²) in [6.07, 6.45) is 1.89. The second-order valence-corrected chi connectivity index (χ2v) is 6.72. The molecule has 6 heteroatoms. The minimum Gasteiger partial charge on any atom is -0.400 e. The normalized spacial score (nSPS) is 20.9. The van der Waals surface area contributed by atoms with Crippen molar-refractivity contribution in [1.29, 1.82) is 0 Å². The highest BCUT2D eigenvalue weighted by Crippen LogP contribution is 2.38. The van der Waals surface area contributed by atoms with Crippen LogP contribution in [-0.4, -0.2) is 24.9 Å². The number of nitrogens with two attached hydrogens (primary N) is 2. The molecule has 0 unspecified atom stereocenters. The molecular weight excluding hydrogens is 286 g/mol. The maximum Gasteiger partial charge on any atom is 0.491 e. The van der Waals surface area contributed by atoms with E-state index in [-0.39, 0.29) is 0 Å². The van der Waals surface area contributed by atoms with Gasteiger partial charge in [0.1, 0.15) is 0 Å². The van der Waals surface area contributed by atoms with Crippen molar-refractivity contribution < 1.29 is 9.31 Å². The van der Waals surface area contributed by atoms with Gasteiger partial charge in [-0.15, -0.1) is 0 Å². The summed E-state index contributed by atoms with van der Waals surface area (Å²) in [5.41, 5.74) is 13.3. The highest BCUT2D eigenvalue weighted by Gasteiger charge is 2.52. The van der Waals surface area contributed by atoms with Crippen LogP contribution in [0.2, 0.25) is 5.02 Å². The molecule has 0 spiro atoms. The van der Waals surface area contributed by atoms with E-state index in [9.17, 15) is 0 Å². The van der Waals surface area contributed by atoms with E-state index in [2.05, 4.69) is 0 Å². The van der Waals surface area contributed by atoms with Gasteiger partial charge in [-0.1, -0.05) is 17.7 Å². The summed E-state index contributed by atoms with van der Waals surface area (Å²) in [6.45, 7) is 8.36. The summed E-state index contributed by atoms with van der Waals surface area (Å²) in [5, 5.41) is 0.626. The van der Waals surface area contributed by atoms with E-state index in [1.54, 1.807) is 18.2 Å². The van der Waals surface area contributed by atoms with E-state index in [0.717, 1.165) is 11.0 Å². The molecule has 1 saturated heterocycles. The Bertz CT molecular complexity index is 557. The average molecular weight is 309 g/mol. The Labute approximate surface area is 131 Å². The van der Waals surface area contributed by atoms with Gasteiger partial charge in [0.25, 0.3) is 0 Å². The van der Waals surface area contributed by atoms with E-state index in [1.165, 1.54) is 0 Å². The zero-order chi connectivity index (χ0) is 15.8. The van der Waals surface area contributed by atoms with Crippen LogP contribution in [0.3, 0.4) is 0 Å². The van der Waals surface area contributed by atoms with Gasteiger partial charge >= 0.3 is 7.12 Å². The first-order chi connectivity index (χ1) is 9.66. The summed E-state index contributed by atoms with van der Waals surface area (Å²) in [7, 11) is -0.474. The fourth-order valence-electron chi connectivity index (χ4n) is 2.09. The van der Waals surface area contributed by atoms with E-state index < -0.39 is 18.3 Å². The van der Waals surface area contributed by atoms with Crippen molar-refractivity contribution >= 4 is 30.5 Å². The lowest BCUT2D eigenvalue weighted by Crippen LogP contribution is -2.41. The molecule has 0 amide bonds. The van der Waals surface area contributed by atoms with Gasteiger partial charge in [-0.3, -0.25) is 0 Å². The SMILES string of the molecule is CC1(C)OB(C(=Cc2cc(Cl)ccc2N)CN)OC1(C)C. The van der Waals surface area contributed by atoms with Gasteiger partial charge in [-0.05, 0) is 56.9 Å². The minimum absolute atomic E-state index is 0.322. The van der Waals surface area contributed by atoms with Crippen LogP contribution in [0.15, 0.2) is 23.7 Å². The van der Waals surface area contributed by atoms with E-state index >= 15 is 0 Å². The van der Waals surface area contributed by atoms with Gasteiger partial charge in [0.15, 0.2) is 0 Å². The first kappa shape index (κ1) is 16.4. The van der Waals surface area contributed by atoms with Crippen LogP contribution >= 0.6 is 11.6 Å². The minimum atomic E-state index is -0.474. The average Bonchev–Trinajstić information content (AvgIpc) is 2.59. The van der Waals surface area contributed by atoms with Gasteiger partial charge in [-0.2, -0.15) is 0 Å². The predicted octanol–water partition coefficient (Wildman–Crippen LogP) is 2.90. The molecule has 0 radical (unpaired) electrons. The second-order valence-electron chi connectivity index (χ2n) is 6.28. The second kappa shape index (κ2) is 5.65. The third-order valence-corrected chi connectivity index (χ3v) is 4.42. The maximum absolute atomic E-state index is 6.02. The summed E-state index contributed by atoms with van der Waals surface area (Å²) >= 11 is 6.02. The largest absolute Gasteiger partial charge is 0.491 e. The molecule has 1 aliphatic rings. The summed E-state index contributed by atoms with van der Waals surface area (Å²) in [4.78, 5) is 0. The number of halogens is 1. The molecule has 0 saturated carbocycles. The van der Waals surface area contributed by atoms with Crippen LogP contribution in [-0.2, 0) is 9.31 Å². The smallest absolute Gasteiger partial charge is 0.400 e. The molecule has 1 heterocycles. The number of anilines is 1. The monoisotopic (exact) mass is 308 g/mol. The van der Waals surface area contributed by atoms with Crippen molar-refractivity contribution in [3.05, 3.63) is 34.3 Å². The van der Waals surface area contributed by atoms with Crippen molar-refractivity contribution in [3.8, 4) is 0 Å². The summed E-state index contributed by atoms with van der Waals surface area (Å²) in [5.74, 6) is 0. The molecular formula is C15H22BClN2O2. The fourth-order valence-corrected chi connectivity index (χ4v) is 2.27. The zero-order valence-electron chi connectivity index (χ0n) is 12.9. The lowest BCUT2D eigenvalue weighted by Gasteiger charge is -2.32. The van der Waals surface area contributed by atoms with Crippen LogP contribution in [0.4, 0.5) is 5.69 Å². The Morgan fingerprint density at radius 3 is 2.33 bits per heavy atom. The Balaban J connectivity index is 2.33. The zero-order valence-corrected chi connectivity index (χ0v) is 13.7. The lowest BCUT2D eigenvalue weighted by atomic mass is 9.77. The third kappa shape index (κ3) is 3.26. The first-order valence-corrected chi connectivity index (χ1v) is 7.35. The molecule has 4 nitrogen and oxygen atoms in total. The van der Waals surface area contributed by atoms with Crippen LogP contribution in [0, 0.1) is 0 Å². The van der Waals surface area contributed by atoms with E-state index in [0.29, 0.717) is 17.3 Å². The molecule has 21 heavy (non-hydrogen) atoms. The highest BCUT2D eigenvalue weighted by molar-refractivity contribution is 6.56.